The predicted molar refractivity (Wildman–Crippen MR) is 30.1 cm³/mol. The third-order valence-electron chi connectivity index (χ3n) is 0.940. The van der Waals surface area contributed by atoms with Gasteiger partial charge in [-0.3, -0.25) is 0 Å². The standard InChI is InChI=1S/C3H2F7NO3S/c4-1(5,14-3(8,9)10)2(6,7)15(11,12)13/h(H2,11,12,13). The third kappa shape index (κ3) is 3.17. The second-order valence-corrected chi connectivity index (χ2v) is 3.73. The Kier molecular flexibility index (Phi) is 3.31. The van der Waals surface area contributed by atoms with Gasteiger partial charge in [-0.2, -0.15) is 17.6 Å². The van der Waals surface area contributed by atoms with E-state index in [0.717, 1.165) is 0 Å². The van der Waals surface area contributed by atoms with Crippen molar-refractivity contribution < 1.29 is 43.9 Å². The van der Waals surface area contributed by atoms with Gasteiger partial charge in [0.25, 0.3) is 10.0 Å². The van der Waals surface area contributed by atoms with E-state index in [9.17, 15) is 39.2 Å². The molecule has 0 aliphatic carbocycles. The minimum absolute atomic E-state index is 1.67. The van der Waals surface area contributed by atoms with Crippen molar-refractivity contribution in [2.75, 3.05) is 0 Å². The molecule has 12 heteroatoms. The summed E-state index contributed by atoms with van der Waals surface area (Å²) in [7, 11) is -6.24. The Bertz CT molecular complexity index is 332. The van der Waals surface area contributed by atoms with Crippen LogP contribution in [0.2, 0.25) is 0 Å². The largest absolute Gasteiger partial charge is 0.527 e. The maximum absolute atomic E-state index is 12.2. The van der Waals surface area contributed by atoms with E-state index < -0.39 is 27.7 Å². The van der Waals surface area contributed by atoms with Gasteiger partial charge in [0.2, 0.25) is 0 Å². The molecule has 0 unspecified atom stereocenters. The van der Waals surface area contributed by atoms with Crippen molar-refractivity contribution in [3.8, 4) is 0 Å². The van der Waals surface area contributed by atoms with Crippen molar-refractivity contribution in [2.24, 2.45) is 5.14 Å². The van der Waals surface area contributed by atoms with Gasteiger partial charge >= 0.3 is 17.7 Å². The molecular formula is C3H2F7NO3S. The summed E-state index contributed by atoms with van der Waals surface area (Å²) in [4.78, 5) is 0. The van der Waals surface area contributed by atoms with Gasteiger partial charge in [0.15, 0.2) is 0 Å². The van der Waals surface area contributed by atoms with Gasteiger partial charge in [0.05, 0.1) is 0 Å². The molecule has 0 aromatic rings. The Balaban J connectivity index is 5.21. The molecule has 0 aliphatic heterocycles. The Morgan fingerprint density at radius 3 is 1.47 bits per heavy atom. The minimum atomic E-state index is -6.31. The summed E-state index contributed by atoms with van der Waals surface area (Å²) >= 11 is 0. The van der Waals surface area contributed by atoms with Crippen LogP contribution >= 0.6 is 0 Å². The highest BCUT2D eigenvalue weighted by Gasteiger charge is 2.69. The summed E-state index contributed by atoms with van der Waals surface area (Å²) in [5.41, 5.74) is 0. The first kappa shape index (κ1) is 14.4. The fraction of sp³-hybridized carbons (Fsp3) is 1.00. The van der Waals surface area contributed by atoms with Crippen LogP contribution in [0.3, 0.4) is 0 Å². The maximum atomic E-state index is 12.2. The van der Waals surface area contributed by atoms with Gasteiger partial charge in [0.1, 0.15) is 0 Å². The van der Waals surface area contributed by atoms with Crippen molar-refractivity contribution in [1.29, 1.82) is 0 Å². The Hall–Kier alpha value is -0.620. The maximum Gasteiger partial charge on any atom is 0.527 e. The van der Waals surface area contributed by atoms with E-state index in [1.165, 1.54) is 0 Å². The van der Waals surface area contributed by atoms with Gasteiger partial charge in [0, 0.05) is 0 Å². The highest BCUT2D eigenvalue weighted by Crippen LogP contribution is 2.41. The third-order valence-corrected chi connectivity index (χ3v) is 1.89. The van der Waals surface area contributed by atoms with Crippen LogP contribution in [-0.4, -0.2) is 26.1 Å². The molecule has 0 aromatic heterocycles. The molecule has 4 nitrogen and oxygen atoms in total. The number of hydrogen-bond donors (Lipinski definition) is 1. The summed E-state index contributed by atoms with van der Waals surface area (Å²) in [6.45, 7) is 0. The SMILES string of the molecule is NS(=O)(=O)C(F)(F)C(F)(F)OC(F)(F)F. The average Bonchev–Trinajstić information content (AvgIpc) is 1.77. The van der Waals surface area contributed by atoms with Crippen LogP contribution in [-0.2, 0) is 14.8 Å². The number of sulfonamides is 1. The van der Waals surface area contributed by atoms with E-state index in [2.05, 4.69) is 5.14 Å². The Morgan fingerprint density at radius 1 is 0.933 bits per heavy atom. The van der Waals surface area contributed by atoms with Crippen molar-refractivity contribution in [1.82, 2.24) is 0 Å². The predicted octanol–water partition coefficient (Wildman–Crippen LogP) is 0.997. The molecule has 0 spiro atoms. The molecule has 15 heavy (non-hydrogen) atoms. The number of halogens is 7. The molecule has 0 rings (SSSR count). The lowest BCUT2D eigenvalue weighted by Crippen LogP contribution is -2.53. The highest BCUT2D eigenvalue weighted by molar-refractivity contribution is 7.90. The van der Waals surface area contributed by atoms with Crippen molar-refractivity contribution >= 4 is 10.0 Å². The Labute approximate surface area is 77.8 Å². The van der Waals surface area contributed by atoms with E-state index in [4.69, 9.17) is 0 Å². The first-order valence-corrected chi connectivity index (χ1v) is 4.30. The van der Waals surface area contributed by atoms with Gasteiger partial charge in [-0.15, -0.1) is 13.2 Å². The summed E-state index contributed by atoms with van der Waals surface area (Å²) in [6.07, 6.45) is -12.4. The number of rotatable bonds is 3. The molecule has 0 aliphatic rings. The molecule has 2 N–H and O–H groups in total. The van der Waals surface area contributed by atoms with Crippen LogP contribution in [0.1, 0.15) is 0 Å². The van der Waals surface area contributed by atoms with Gasteiger partial charge in [-0.05, 0) is 0 Å². The molecule has 0 amide bonds. The van der Waals surface area contributed by atoms with Crippen LogP contribution in [0, 0.1) is 0 Å². The highest BCUT2D eigenvalue weighted by atomic mass is 32.2. The minimum Gasteiger partial charge on any atom is -0.223 e. The molecule has 0 heterocycles. The first-order valence-electron chi connectivity index (χ1n) is 2.75. The zero-order valence-electron chi connectivity index (χ0n) is 6.36. The molecule has 0 atom stereocenters. The fourth-order valence-electron chi connectivity index (χ4n) is 0.370. The van der Waals surface area contributed by atoms with Crippen LogP contribution in [0.15, 0.2) is 0 Å². The molecule has 0 saturated heterocycles. The molecular weight excluding hydrogens is 263 g/mol. The van der Waals surface area contributed by atoms with Crippen LogP contribution in [0.4, 0.5) is 30.7 Å². The number of hydrogen-bond acceptors (Lipinski definition) is 3. The lowest BCUT2D eigenvalue weighted by atomic mass is 10.6. The monoisotopic (exact) mass is 265 g/mol. The van der Waals surface area contributed by atoms with Gasteiger partial charge in [-0.25, -0.2) is 18.3 Å². The Morgan fingerprint density at radius 2 is 1.27 bits per heavy atom. The molecule has 0 bridgehead atoms. The quantitative estimate of drug-likeness (QED) is 0.774. The summed E-state index contributed by atoms with van der Waals surface area (Å²) in [5.74, 6) is 0. The lowest BCUT2D eigenvalue weighted by Gasteiger charge is -2.24. The number of nitrogens with two attached hydrogens (primary N) is 1. The number of ether oxygens (including phenoxy) is 1. The molecule has 92 valence electrons. The lowest BCUT2D eigenvalue weighted by molar-refractivity contribution is -0.452. The fourth-order valence-corrected chi connectivity index (χ4v) is 0.743. The molecule has 0 saturated carbocycles. The van der Waals surface area contributed by atoms with E-state index >= 15 is 0 Å². The van der Waals surface area contributed by atoms with E-state index in [1.54, 1.807) is 4.74 Å². The zero-order valence-corrected chi connectivity index (χ0v) is 7.17. The molecule has 0 fully saturated rings. The van der Waals surface area contributed by atoms with Crippen molar-refractivity contribution in [3.05, 3.63) is 0 Å². The molecule has 0 radical (unpaired) electrons. The first-order chi connectivity index (χ1) is 6.21. The van der Waals surface area contributed by atoms with Crippen LogP contribution < -0.4 is 5.14 Å². The van der Waals surface area contributed by atoms with Crippen LogP contribution in [0.25, 0.3) is 0 Å². The number of alkyl halides is 7. The summed E-state index contributed by atoms with van der Waals surface area (Å²) < 4.78 is 103. The summed E-state index contributed by atoms with van der Waals surface area (Å²) in [5, 5.41) is -2.57. The topological polar surface area (TPSA) is 69.4 Å². The normalized spacial score (nSPS) is 15.5. The van der Waals surface area contributed by atoms with E-state index in [0.29, 0.717) is 0 Å². The van der Waals surface area contributed by atoms with Gasteiger partial charge < -0.3 is 0 Å². The van der Waals surface area contributed by atoms with Crippen LogP contribution in [0.5, 0.6) is 0 Å². The number of primary sulfonamides is 1. The second-order valence-electron chi connectivity index (χ2n) is 2.13. The van der Waals surface area contributed by atoms with E-state index in [1.807, 2.05) is 0 Å². The summed E-state index contributed by atoms with van der Waals surface area (Å²) in [6, 6.07) is 0. The van der Waals surface area contributed by atoms with E-state index in [-0.39, 0.29) is 0 Å². The smallest absolute Gasteiger partial charge is 0.223 e. The van der Waals surface area contributed by atoms with Gasteiger partial charge in [-0.1, -0.05) is 0 Å². The second kappa shape index (κ2) is 3.45. The van der Waals surface area contributed by atoms with Crippen molar-refractivity contribution in [2.45, 2.75) is 17.7 Å². The average molecular weight is 265 g/mol. The zero-order chi connectivity index (χ0) is 12.7. The van der Waals surface area contributed by atoms with Crippen molar-refractivity contribution in [3.63, 3.8) is 0 Å². The molecule has 0 aromatic carbocycles.